The van der Waals surface area contributed by atoms with Gasteiger partial charge in [0, 0.05) is 5.56 Å². The minimum atomic E-state index is -1.11. The Labute approximate surface area is 197 Å². The van der Waals surface area contributed by atoms with Gasteiger partial charge in [0.15, 0.2) is 10.6 Å². The van der Waals surface area contributed by atoms with Crippen molar-refractivity contribution in [3.63, 3.8) is 0 Å². The van der Waals surface area contributed by atoms with Gasteiger partial charge in [-0.1, -0.05) is 29.5 Å². The lowest BCUT2D eigenvalue weighted by atomic mass is 9.97. The molecule has 1 aliphatic rings. The van der Waals surface area contributed by atoms with Crippen molar-refractivity contribution < 1.29 is 23.1 Å². The van der Waals surface area contributed by atoms with Crippen LogP contribution in [0.15, 0.2) is 45.6 Å². The molecule has 34 heavy (non-hydrogen) atoms. The summed E-state index contributed by atoms with van der Waals surface area (Å²) in [6.07, 6.45) is 0. The first kappa shape index (κ1) is 22.0. The van der Waals surface area contributed by atoms with E-state index >= 15 is 4.39 Å². The van der Waals surface area contributed by atoms with E-state index in [9.17, 15) is 14.4 Å². The van der Waals surface area contributed by atoms with E-state index < -0.39 is 29.2 Å². The molecule has 0 saturated carbocycles. The zero-order chi connectivity index (χ0) is 24.3. The number of amides is 1. The van der Waals surface area contributed by atoms with Gasteiger partial charge in [0.05, 0.1) is 23.8 Å². The second kappa shape index (κ2) is 7.88. The highest BCUT2D eigenvalue weighted by molar-refractivity contribution is 7.17. The van der Waals surface area contributed by atoms with Gasteiger partial charge < -0.3 is 9.15 Å². The molecular weight excluding hydrogens is 459 g/mol. The van der Waals surface area contributed by atoms with Crippen LogP contribution in [0.1, 0.15) is 54.2 Å². The average Bonchev–Trinajstić information content (AvgIpc) is 3.32. The van der Waals surface area contributed by atoms with Crippen LogP contribution in [0.3, 0.4) is 0 Å². The Balaban J connectivity index is 1.82. The van der Waals surface area contributed by atoms with Gasteiger partial charge in [-0.05, 0) is 50.1 Å². The number of nitrogens with zero attached hydrogens (tertiary/aromatic N) is 2. The Morgan fingerprint density at radius 3 is 2.56 bits per heavy atom. The third kappa shape index (κ3) is 3.15. The highest BCUT2D eigenvalue weighted by Gasteiger charge is 2.46. The van der Waals surface area contributed by atoms with E-state index in [0.717, 1.165) is 22.5 Å². The third-order valence-electron chi connectivity index (χ3n) is 6.05. The summed E-state index contributed by atoms with van der Waals surface area (Å²) < 4.78 is 25.8. The number of anilines is 1. The minimum absolute atomic E-state index is 0.0401. The summed E-state index contributed by atoms with van der Waals surface area (Å²) in [5.41, 5.74) is 2.18. The molecule has 1 atom stereocenters. The van der Waals surface area contributed by atoms with Crippen LogP contribution >= 0.6 is 11.3 Å². The van der Waals surface area contributed by atoms with Gasteiger partial charge in [-0.3, -0.25) is 14.5 Å². The lowest BCUT2D eigenvalue weighted by molar-refractivity contribution is 0.0605. The number of aryl methyl sites for hydroxylation is 3. The van der Waals surface area contributed by atoms with Gasteiger partial charge >= 0.3 is 5.97 Å². The molecule has 4 aromatic rings. The van der Waals surface area contributed by atoms with Crippen LogP contribution in [0, 0.1) is 26.6 Å². The number of esters is 1. The van der Waals surface area contributed by atoms with Crippen molar-refractivity contribution in [1.29, 1.82) is 0 Å². The first-order valence-electron chi connectivity index (χ1n) is 10.4. The third-order valence-corrected chi connectivity index (χ3v) is 7.19. The van der Waals surface area contributed by atoms with Crippen molar-refractivity contribution in [2.24, 2.45) is 0 Å². The predicted molar refractivity (Wildman–Crippen MR) is 125 cm³/mol. The Hall–Kier alpha value is -3.85. The van der Waals surface area contributed by atoms with Crippen LogP contribution in [0.4, 0.5) is 9.52 Å². The van der Waals surface area contributed by atoms with Crippen molar-refractivity contribution >= 4 is 39.3 Å². The Kier molecular flexibility index (Phi) is 5.09. The normalized spacial score (nSPS) is 15.1. The number of hydrogen-bond donors (Lipinski definition) is 0. The summed E-state index contributed by atoms with van der Waals surface area (Å²) in [6, 6.07) is 8.25. The Morgan fingerprint density at radius 2 is 1.85 bits per heavy atom. The Bertz CT molecular complexity index is 1570. The summed E-state index contributed by atoms with van der Waals surface area (Å²) in [5, 5.41) is 0.446. The van der Waals surface area contributed by atoms with E-state index in [1.165, 1.54) is 30.2 Å². The first-order chi connectivity index (χ1) is 16.2. The fourth-order valence-corrected chi connectivity index (χ4v) is 5.20. The number of carbonyl (C=O) groups is 2. The number of thiazole rings is 1. The molecule has 0 unspecified atom stereocenters. The molecule has 0 saturated heterocycles. The van der Waals surface area contributed by atoms with Gasteiger partial charge in [-0.15, -0.1) is 0 Å². The van der Waals surface area contributed by atoms with E-state index in [1.54, 1.807) is 25.1 Å². The van der Waals surface area contributed by atoms with Gasteiger partial charge in [-0.2, -0.15) is 0 Å². The smallest absolute Gasteiger partial charge is 0.350 e. The van der Waals surface area contributed by atoms with E-state index in [-0.39, 0.29) is 32.5 Å². The lowest BCUT2D eigenvalue weighted by Crippen LogP contribution is -2.30. The number of rotatable bonds is 3. The molecule has 1 aliphatic heterocycles. The molecule has 0 N–H and O–H groups in total. The monoisotopic (exact) mass is 478 g/mol. The highest BCUT2D eigenvalue weighted by atomic mass is 32.1. The molecule has 2 aromatic carbocycles. The molecule has 0 fully saturated rings. The van der Waals surface area contributed by atoms with E-state index in [4.69, 9.17) is 9.15 Å². The first-order valence-corrected chi connectivity index (χ1v) is 11.3. The molecule has 7 nitrogen and oxygen atoms in total. The second-order valence-corrected chi connectivity index (χ2v) is 9.09. The molecule has 172 valence electrons. The number of fused-ring (bicyclic) bond motifs is 2. The fraction of sp³-hybridized carbons (Fsp3) is 0.200. The highest BCUT2D eigenvalue weighted by Crippen LogP contribution is 2.43. The number of carbonyl (C=O) groups excluding carboxylic acids is 2. The van der Waals surface area contributed by atoms with Crippen molar-refractivity contribution in [2.75, 3.05) is 12.0 Å². The standard InChI is InChI=1S/C25H19FN2O5S/c1-11-9-15-17(10-12(11)2)33-21-18(20(15)29)19(14-7-5-6-8-16(14)26)28(23(21)30)25-27-13(3)22(34-25)24(31)32-4/h5-10,19H,1-4H3/t19-/m0/s1. The van der Waals surface area contributed by atoms with E-state index in [1.807, 2.05) is 13.8 Å². The molecule has 0 spiro atoms. The van der Waals surface area contributed by atoms with Gasteiger partial charge in [0.25, 0.3) is 5.91 Å². The molecule has 0 radical (unpaired) electrons. The molecule has 2 aromatic heterocycles. The number of halogens is 1. The predicted octanol–water partition coefficient (Wildman–Crippen LogP) is 4.85. The maximum atomic E-state index is 15.0. The number of ether oxygens (including phenoxy) is 1. The molecule has 9 heteroatoms. The summed E-state index contributed by atoms with van der Waals surface area (Å²) >= 11 is 0.936. The molecule has 5 rings (SSSR count). The number of methoxy groups -OCH3 is 1. The van der Waals surface area contributed by atoms with Crippen molar-refractivity contribution in [3.8, 4) is 0 Å². The number of hydrogen-bond acceptors (Lipinski definition) is 7. The SMILES string of the molecule is COC(=O)c1sc(N2C(=O)c3oc4cc(C)c(C)cc4c(=O)c3[C@@H]2c2ccccc2F)nc1C. The topological polar surface area (TPSA) is 89.7 Å². The van der Waals surface area contributed by atoms with Crippen LogP contribution in [-0.2, 0) is 4.74 Å². The Morgan fingerprint density at radius 1 is 1.15 bits per heavy atom. The molecule has 0 bridgehead atoms. The van der Waals surface area contributed by atoms with Crippen LogP contribution < -0.4 is 10.3 Å². The second-order valence-electron chi connectivity index (χ2n) is 8.11. The van der Waals surface area contributed by atoms with Gasteiger partial charge in [0.1, 0.15) is 22.3 Å². The number of aromatic nitrogens is 1. The molecule has 1 amide bonds. The van der Waals surface area contributed by atoms with E-state index in [2.05, 4.69) is 4.98 Å². The van der Waals surface area contributed by atoms with Gasteiger partial charge in [0.2, 0.25) is 5.76 Å². The van der Waals surface area contributed by atoms with Crippen molar-refractivity contribution in [2.45, 2.75) is 26.8 Å². The fourth-order valence-electron chi connectivity index (χ4n) is 4.18. The maximum Gasteiger partial charge on any atom is 0.350 e. The zero-order valence-corrected chi connectivity index (χ0v) is 19.6. The summed E-state index contributed by atoms with van der Waals surface area (Å²) in [5.74, 6) is -1.98. The largest absolute Gasteiger partial charge is 0.465 e. The molecule has 3 heterocycles. The van der Waals surface area contributed by atoms with Gasteiger partial charge in [-0.25, -0.2) is 14.2 Å². The molecular formula is C25H19FN2O5S. The quantitative estimate of drug-likeness (QED) is 0.391. The average molecular weight is 479 g/mol. The minimum Gasteiger partial charge on any atom is -0.465 e. The molecule has 0 aliphatic carbocycles. The summed E-state index contributed by atoms with van der Waals surface area (Å²) in [7, 11) is 1.25. The summed E-state index contributed by atoms with van der Waals surface area (Å²) in [4.78, 5) is 45.3. The lowest BCUT2D eigenvalue weighted by Gasteiger charge is -2.22. The summed E-state index contributed by atoms with van der Waals surface area (Å²) in [6.45, 7) is 5.37. The van der Waals surface area contributed by atoms with Crippen LogP contribution in [0.2, 0.25) is 0 Å². The van der Waals surface area contributed by atoms with Crippen LogP contribution in [0.25, 0.3) is 11.0 Å². The van der Waals surface area contributed by atoms with Crippen molar-refractivity contribution in [3.05, 3.63) is 91.0 Å². The van der Waals surface area contributed by atoms with Crippen LogP contribution in [0.5, 0.6) is 0 Å². The van der Waals surface area contributed by atoms with E-state index in [0.29, 0.717) is 11.1 Å². The maximum absolute atomic E-state index is 15.0. The number of benzene rings is 2. The van der Waals surface area contributed by atoms with Crippen LogP contribution in [-0.4, -0.2) is 24.0 Å². The van der Waals surface area contributed by atoms with Crippen molar-refractivity contribution in [1.82, 2.24) is 4.98 Å². The zero-order valence-electron chi connectivity index (χ0n) is 18.8.